The van der Waals surface area contributed by atoms with Crippen LogP contribution in [0.3, 0.4) is 0 Å². The normalized spacial score (nSPS) is 14.9. The summed E-state index contributed by atoms with van der Waals surface area (Å²) in [5.74, 6) is 1.28. The Morgan fingerprint density at radius 1 is 0.284 bits per heavy atom. The smallest absolute Gasteiger partial charge is 0.0546 e. The van der Waals surface area contributed by atoms with Crippen molar-refractivity contribution in [1.82, 2.24) is 0 Å². The van der Waals surface area contributed by atoms with Crippen LogP contribution in [0, 0.1) is 0 Å². The third kappa shape index (κ3) is 8.97. The van der Waals surface area contributed by atoms with Gasteiger partial charge in [-0.25, -0.2) is 0 Å². The number of fused-ring (bicyclic) bond motifs is 5. The Morgan fingerprint density at radius 2 is 0.568 bits per heavy atom. The van der Waals surface area contributed by atoms with Crippen molar-refractivity contribution < 1.29 is 0 Å². The molecule has 0 unspecified atom stereocenters. The summed E-state index contributed by atoms with van der Waals surface area (Å²) in [6.45, 7) is 9.35. The molecule has 0 aromatic heterocycles. The highest BCUT2D eigenvalue weighted by Crippen LogP contribution is 2.49. The minimum absolute atomic E-state index is 0.148. The Hall–Kier alpha value is -7.42. The van der Waals surface area contributed by atoms with Crippen LogP contribution in [0.4, 0.5) is 34.1 Å². The topological polar surface area (TPSA) is 6.48 Å². The Balaban J connectivity index is 1.03. The minimum atomic E-state index is -0.148. The molecule has 368 valence electrons. The Kier molecular flexibility index (Phi) is 12.9. The molecule has 0 N–H and O–H groups in total. The lowest BCUT2D eigenvalue weighted by atomic mass is 9.78. The summed E-state index contributed by atoms with van der Waals surface area (Å²) in [5.41, 5.74) is 14.9. The van der Waals surface area contributed by atoms with Crippen molar-refractivity contribution in [1.29, 1.82) is 0 Å². The van der Waals surface area contributed by atoms with Gasteiger partial charge >= 0.3 is 0 Å². The average molecular weight is 963 g/mol. The molecule has 0 amide bonds. The fraction of sp³-hybridized carbons (Fsp3) is 0.250. The third-order valence-electron chi connectivity index (χ3n) is 17.5. The van der Waals surface area contributed by atoms with Gasteiger partial charge in [-0.1, -0.05) is 224 Å². The van der Waals surface area contributed by atoms with Crippen LogP contribution in [0.1, 0.15) is 137 Å². The summed E-state index contributed by atoms with van der Waals surface area (Å²) in [4.78, 5) is 5.04. The van der Waals surface area contributed by atoms with Crippen LogP contribution in [-0.4, -0.2) is 0 Å². The molecule has 2 fully saturated rings. The number of nitrogens with zero attached hydrogens (tertiary/aromatic N) is 2. The Morgan fingerprint density at radius 3 is 0.905 bits per heavy atom. The molecule has 0 bridgehead atoms. The van der Waals surface area contributed by atoms with Crippen molar-refractivity contribution in [3.05, 3.63) is 252 Å². The van der Waals surface area contributed by atoms with Gasteiger partial charge in [0.25, 0.3) is 0 Å². The standard InChI is InChI=1S/C72H70N2/c1-71(2,55-25-13-7-14-26-55)57-37-45-61(46-38-57)73(59-41-33-53(34-42-59)51-21-9-5-10-22-51)69-49-67-64-30-18-20-32-66(64)70(50-68(67)63-29-17-19-31-65(63)69)74(60-43-35-54(36-44-60)52-23-11-6-12-24-52)62-47-39-58(40-48-62)72(3,4)56-27-15-8-16-28-56/h7-8,13-20,25-52H,5-6,9-12,21-24H2,1-4H3. The molecule has 10 aromatic carbocycles. The van der Waals surface area contributed by atoms with Crippen molar-refractivity contribution in [3.63, 3.8) is 0 Å². The van der Waals surface area contributed by atoms with Crippen molar-refractivity contribution >= 4 is 66.4 Å². The predicted octanol–water partition coefficient (Wildman–Crippen LogP) is 20.8. The van der Waals surface area contributed by atoms with Crippen LogP contribution in [-0.2, 0) is 10.8 Å². The molecular formula is C72H70N2. The Bertz CT molecular complexity index is 3280. The van der Waals surface area contributed by atoms with E-state index in [1.807, 2.05) is 0 Å². The summed E-state index contributed by atoms with van der Waals surface area (Å²) in [7, 11) is 0. The van der Waals surface area contributed by atoms with Gasteiger partial charge in [0.1, 0.15) is 0 Å². The molecular weight excluding hydrogens is 893 g/mol. The molecule has 2 aliphatic carbocycles. The molecule has 2 nitrogen and oxygen atoms in total. The van der Waals surface area contributed by atoms with E-state index in [0.717, 1.165) is 11.4 Å². The monoisotopic (exact) mass is 963 g/mol. The second-order valence-electron chi connectivity index (χ2n) is 22.6. The lowest BCUT2D eigenvalue weighted by molar-refractivity contribution is 0.443. The van der Waals surface area contributed by atoms with Gasteiger partial charge in [-0.15, -0.1) is 0 Å². The third-order valence-corrected chi connectivity index (χ3v) is 17.5. The zero-order valence-electron chi connectivity index (χ0n) is 43.9. The van der Waals surface area contributed by atoms with Gasteiger partial charge in [-0.3, -0.25) is 0 Å². The zero-order valence-corrected chi connectivity index (χ0v) is 43.9. The second kappa shape index (κ2) is 20.1. The van der Waals surface area contributed by atoms with Crippen molar-refractivity contribution in [2.45, 2.75) is 115 Å². The number of rotatable bonds is 12. The highest BCUT2D eigenvalue weighted by atomic mass is 15.2. The van der Waals surface area contributed by atoms with Crippen LogP contribution >= 0.6 is 0 Å². The van der Waals surface area contributed by atoms with Gasteiger partial charge in [0.2, 0.25) is 0 Å². The van der Waals surface area contributed by atoms with E-state index in [1.165, 1.54) is 153 Å². The number of anilines is 6. The van der Waals surface area contributed by atoms with Crippen LogP contribution < -0.4 is 9.80 Å². The number of benzene rings is 10. The molecule has 0 radical (unpaired) electrons. The summed E-state index contributed by atoms with van der Waals surface area (Å²) < 4.78 is 0. The molecule has 2 heteroatoms. The first-order valence-electron chi connectivity index (χ1n) is 27.7. The SMILES string of the molecule is CC(C)(c1ccccc1)c1ccc(N(c2ccc(C3CCCCC3)cc2)c2cc3c4ccccc4c(N(c4ccc(C5CCCCC5)cc4)c4ccc(C(C)(C)c5ccccc5)cc4)cc3c3ccccc23)cc1. The maximum absolute atomic E-state index is 2.52. The van der Waals surface area contributed by atoms with Gasteiger partial charge < -0.3 is 9.80 Å². The average Bonchev–Trinajstić information content (AvgIpc) is 3.47. The maximum Gasteiger partial charge on any atom is 0.0546 e. The van der Waals surface area contributed by atoms with Crippen LogP contribution in [0.25, 0.3) is 32.3 Å². The van der Waals surface area contributed by atoms with Gasteiger partial charge in [0.15, 0.2) is 0 Å². The quantitative estimate of drug-likeness (QED) is 0.113. The van der Waals surface area contributed by atoms with Crippen molar-refractivity contribution in [2.75, 3.05) is 9.80 Å². The Labute approximate surface area is 440 Å². The molecule has 2 aliphatic rings. The molecule has 0 heterocycles. The summed E-state index contributed by atoms with van der Waals surface area (Å²) in [6, 6.07) is 83.0. The van der Waals surface area contributed by atoms with E-state index in [-0.39, 0.29) is 10.8 Å². The maximum atomic E-state index is 2.52. The fourth-order valence-electron chi connectivity index (χ4n) is 12.9. The summed E-state index contributed by atoms with van der Waals surface area (Å²) in [6.07, 6.45) is 13.2. The molecule has 0 spiro atoms. The molecule has 2 saturated carbocycles. The van der Waals surface area contributed by atoms with Gasteiger partial charge in [0, 0.05) is 44.4 Å². The summed E-state index contributed by atoms with van der Waals surface area (Å²) in [5, 5.41) is 7.42. The first-order chi connectivity index (χ1) is 36.2. The van der Waals surface area contributed by atoms with Crippen molar-refractivity contribution in [2.24, 2.45) is 0 Å². The van der Waals surface area contributed by atoms with E-state index in [2.05, 4.69) is 256 Å². The van der Waals surface area contributed by atoms with Crippen LogP contribution in [0.2, 0.25) is 0 Å². The highest BCUT2D eigenvalue weighted by Gasteiger charge is 2.28. The van der Waals surface area contributed by atoms with E-state index in [0.29, 0.717) is 11.8 Å². The van der Waals surface area contributed by atoms with E-state index in [9.17, 15) is 0 Å². The molecule has 10 aromatic rings. The highest BCUT2D eigenvalue weighted by molar-refractivity contribution is 6.24. The lowest BCUT2D eigenvalue weighted by Crippen LogP contribution is -2.19. The molecule has 0 saturated heterocycles. The van der Waals surface area contributed by atoms with E-state index in [4.69, 9.17) is 0 Å². The molecule has 0 atom stereocenters. The fourth-order valence-corrected chi connectivity index (χ4v) is 12.9. The van der Waals surface area contributed by atoms with E-state index in [1.54, 1.807) is 0 Å². The van der Waals surface area contributed by atoms with E-state index >= 15 is 0 Å². The van der Waals surface area contributed by atoms with E-state index < -0.39 is 0 Å². The van der Waals surface area contributed by atoms with Gasteiger partial charge in [0.05, 0.1) is 11.4 Å². The zero-order chi connectivity index (χ0) is 50.2. The predicted molar refractivity (Wildman–Crippen MR) is 317 cm³/mol. The first kappa shape index (κ1) is 47.6. The molecule has 0 aliphatic heterocycles. The molecule has 12 rings (SSSR count). The minimum Gasteiger partial charge on any atom is -0.310 e. The largest absolute Gasteiger partial charge is 0.310 e. The molecule has 74 heavy (non-hydrogen) atoms. The van der Waals surface area contributed by atoms with Gasteiger partial charge in [-0.05, 0) is 153 Å². The van der Waals surface area contributed by atoms with Crippen LogP contribution in [0.15, 0.2) is 218 Å². The number of hydrogen-bond acceptors (Lipinski definition) is 2. The lowest BCUT2D eigenvalue weighted by Gasteiger charge is -2.31. The van der Waals surface area contributed by atoms with Crippen LogP contribution in [0.5, 0.6) is 0 Å². The summed E-state index contributed by atoms with van der Waals surface area (Å²) >= 11 is 0. The van der Waals surface area contributed by atoms with Gasteiger partial charge in [-0.2, -0.15) is 0 Å². The van der Waals surface area contributed by atoms with Crippen molar-refractivity contribution in [3.8, 4) is 0 Å². The second-order valence-corrected chi connectivity index (χ2v) is 22.6. The number of hydrogen-bond donors (Lipinski definition) is 0. The first-order valence-corrected chi connectivity index (χ1v) is 27.7.